The number of carbonyl (C=O) groups is 1. The Balaban J connectivity index is 2.26. The molecule has 0 saturated carbocycles. The van der Waals surface area contributed by atoms with E-state index >= 15 is 0 Å². The van der Waals surface area contributed by atoms with Crippen LogP contribution in [0.2, 0.25) is 0 Å². The quantitative estimate of drug-likeness (QED) is 0.741. The molecule has 0 unspecified atom stereocenters. The van der Waals surface area contributed by atoms with Gasteiger partial charge in [0.1, 0.15) is 5.60 Å². The van der Waals surface area contributed by atoms with Crippen LogP contribution in [0.3, 0.4) is 0 Å². The molecule has 1 rings (SSSR count). The number of carbonyl (C=O) groups excluding carboxylic acids is 1. The maximum atomic E-state index is 11.9. The van der Waals surface area contributed by atoms with Gasteiger partial charge in [-0.2, -0.15) is 0 Å². The first kappa shape index (κ1) is 17.2. The normalized spacial score (nSPS) is 16.9. The number of piperidine rings is 1. The van der Waals surface area contributed by atoms with Crippen molar-refractivity contribution in [2.45, 2.75) is 59.0 Å². The first-order chi connectivity index (χ1) is 9.31. The van der Waals surface area contributed by atoms with Crippen LogP contribution in [0, 0.1) is 5.92 Å². The second-order valence-electron chi connectivity index (χ2n) is 6.25. The SMILES string of the molecule is CCOC(=S)CCC1CCN(C(=O)OC(C)(C)C)CC1. The first-order valence-corrected chi connectivity index (χ1v) is 7.86. The van der Waals surface area contributed by atoms with E-state index in [1.807, 2.05) is 32.6 Å². The van der Waals surface area contributed by atoms with E-state index in [2.05, 4.69) is 0 Å². The van der Waals surface area contributed by atoms with Gasteiger partial charge < -0.3 is 14.4 Å². The van der Waals surface area contributed by atoms with Gasteiger partial charge in [-0.25, -0.2) is 4.79 Å². The Hall–Kier alpha value is -0.840. The van der Waals surface area contributed by atoms with Crippen molar-refractivity contribution in [3.8, 4) is 0 Å². The summed E-state index contributed by atoms with van der Waals surface area (Å²) < 4.78 is 10.7. The van der Waals surface area contributed by atoms with Crippen molar-refractivity contribution in [2.24, 2.45) is 5.92 Å². The highest BCUT2D eigenvalue weighted by Gasteiger charge is 2.26. The Morgan fingerprint density at radius 1 is 1.30 bits per heavy atom. The molecule has 1 aliphatic heterocycles. The number of ether oxygens (including phenoxy) is 2. The fourth-order valence-electron chi connectivity index (χ4n) is 2.29. The molecule has 0 bridgehead atoms. The lowest BCUT2D eigenvalue weighted by atomic mass is 9.92. The molecule has 20 heavy (non-hydrogen) atoms. The Bertz CT molecular complexity index is 331. The van der Waals surface area contributed by atoms with Crippen molar-refractivity contribution in [2.75, 3.05) is 19.7 Å². The maximum Gasteiger partial charge on any atom is 0.410 e. The molecule has 1 aliphatic rings. The zero-order valence-electron chi connectivity index (χ0n) is 13.1. The van der Waals surface area contributed by atoms with Gasteiger partial charge in [-0.3, -0.25) is 0 Å². The predicted octanol–water partition coefficient (Wildman–Crippen LogP) is 3.78. The molecule has 0 aromatic rings. The zero-order valence-corrected chi connectivity index (χ0v) is 13.9. The second kappa shape index (κ2) is 7.81. The van der Waals surface area contributed by atoms with Crippen LogP contribution in [0.5, 0.6) is 0 Å². The van der Waals surface area contributed by atoms with Gasteiger partial charge in [0.2, 0.25) is 0 Å². The standard InChI is InChI=1S/C15H27NO3S/c1-5-18-13(20)7-6-12-8-10-16(11-9-12)14(17)19-15(2,3)4/h12H,5-11H2,1-4H3. The molecule has 116 valence electrons. The van der Waals surface area contributed by atoms with E-state index in [-0.39, 0.29) is 6.09 Å². The summed E-state index contributed by atoms with van der Waals surface area (Å²) >= 11 is 5.14. The predicted molar refractivity (Wildman–Crippen MR) is 84.0 cm³/mol. The summed E-state index contributed by atoms with van der Waals surface area (Å²) in [5.74, 6) is 0.632. The average molecular weight is 301 g/mol. The molecule has 4 nitrogen and oxygen atoms in total. The smallest absolute Gasteiger partial charge is 0.410 e. The molecule has 0 atom stereocenters. The number of likely N-dealkylation sites (tertiary alicyclic amines) is 1. The molecule has 0 spiro atoms. The van der Waals surface area contributed by atoms with Gasteiger partial charge in [-0.15, -0.1) is 0 Å². The summed E-state index contributed by atoms with van der Waals surface area (Å²) in [5.41, 5.74) is -0.419. The van der Waals surface area contributed by atoms with Gasteiger partial charge in [0.05, 0.1) is 6.61 Å². The largest absolute Gasteiger partial charge is 0.487 e. The summed E-state index contributed by atoms with van der Waals surface area (Å²) in [7, 11) is 0. The third-order valence-corrected chi connectivity index (χ3v) is 3.65. The van der Waals surface area contributed by atoms with Crippen LogP contribution in [0.15, 0.2) is 0 Å². The minimum atomic E-state index is -0.419. The van der Waals surface area contributed by atoms with Crippen molar-refractivity contribution in [3.63, 3.8) is 0 Å². The van der Waals surface area contributed by atoms with Crippen LogP contribution in [0.4, 0.5) is 4.79 Å². The molecule has 1 heterocycles. The monoisotopic (exact) mass is 301 g/mol. The Kier molecular flexibility index (Phi) is 6.72. The van der Waals surface area contributed by atoms with Crippen LogP contribution in [-0.2, 0) is 9.47 Å². The van der Waals surface area contributed by atoms with Crippen LogP contribution in [0.1, 0.15) is 53.4 Å². The van der Waals surface area contributed by atoms with E-state index in [1.54, 1.807) is 0 Å². The number of hydrogen-bond donors (Lipinski definition) is 0. The average Bonchev–Trinajstić information content (AvgIpc) is 2.35. The maximum absolute atomic E-state index is 11.9. The lowest BCUT2D eigenvalue weighted by Gasteiger charge is -2.33. The van der Waals surface area contributed by atoms with Crippen molar-refractivity contribution in [1.29, 1.82) is 0 Å². The molecule has 5 heteroatoms. The molecular weight excluding hydrogens is 274 g/mol. The van der Waals surface area contributed by atoms with Gasteiger partial charge in [-0.1, -0.05) is 0 Å². The Morgan fingerprint density at radius 3 is 2.40 bits per heavy atom. The van der Waals surface area contributed by atoms with Crippen molar-refractivity contribution >= 4 is 23.4 Å². The van der Waals surface area contributed by atoms with Gasteiger partial charge in [0.15, 0.2) is 5.05 Å². The first-order valence-electron chi connectivity index (χ1n) is 7.45. The molecular formula is C15H27NO3S. The third kappa shape index (κ3) is 6.55. The van der Waals surface area contributed by atoms with E-state index in [0.29, 0.717) is 17.6 Å². The summed E-state index contributed by atoms with van der Waals surface area (Å²) in [5, 5.41) is 0.710. The highest BCUT2D eigenvalue weighted by molar-refractivity contribution is 7.80. The summed E-state index contributed by atoms with van der Waals surface area (Å²) in [6.07, 6.45) is 3.75. The Morgan fingerprint density at radius 2 is 1.90 bits per heavy atom. The highest BCUT2D eigenvalue weighted by atomic mass is 32.1. The molecule has 0 aromatic carbocycles. The van der Waals surface area contributed by atoms with E-state index in [0.717, 1.165) is 38.8 Å². The zero-order chi connectivity index (χ0) is 15.2. The molecule has 0 N–H and O–H groups in total. The van der Waals surface area contributed by atoms with Crippen molar-refractivity contribution < 1.29 is 14.3 Å². The lowest BCUT2D eigenvalue weighted by Crippen LogP contribution is -2.41. The summed E-state index contributed by atoms with van der Waals surface area (Å²) in [6, 6.07) is 0. The van der Waals surface area contributed by atoms with Crippen LogP contribution < -0.4 is 0 Å². The fourth-order valence-corrected chi connectivity index (χ4v) is 2.52. The van der Waals surface area contributed by atoms with Crippen LogP contribution in [0.25, 0.3) is 0 Å². The van der Waals surface area contributed by atoms with Crippen molar-refractivity contribution in [1.82, 2.24) is 4.90 Å². The van der Waals surface area contributed by atoms with Gasteiger partial charge in [-0.05, 0) is 65.1 Å². The topological polar surface area (TPSA) is 38.8 Å². The van der Waals surface area contributed by atoms with E-state index in [4.69, 9.17) is 21.7 Å². The summed E-state index contributed by atoms with van der Waals surface area (Å²) in [4.78, 5) is 13.7. The van der Waals surface area contributed by atoms with Crippen LogP contribution >= 0.6 is 12.2 Å². The lowest BCUT2D eigenvalue weighted by molar-refractivity contribution is 0.0181. The highest BCUT2D eigenvalue weighted by Crippen LogP contribution is 2.23. The number of nitrogens with zero attached hydrogens (tertiary/aromatic N) is 1. The molecule has 1 amide bonds. The number of thiocarbonyl (C=S) groups is 1. The molecule has 0 aromatic heterocycles. The molecule has 1 saturated heterocycles. The second-order valence-corrected chi connectivity index (χ2v) is 6.71. The van der Waals surface area contributed by atoms with E-state index in [1.165, 1.54) is 0 Å². The van der Waals surface area contributed by atoms with Gasteiger partial charge >= 0.3 is 6.09 Å². The van der Waals surface area contributed by atoms with Crippen LogP contribution in [-0.4, -0.2) is 41.3 Å². The summed E-state index contributed by atoms with van der Waals surface area (Å²) in [6.45, 7) is 9.84. The van der Waals surface area contributed by atoms with Gasteiger partial charge in [0.25, 0.3) is 0 Å². The number of amides is 1. The molecule has 0 radical (unpaired) electrons. The molecule has 1 fully saturated rings. The van der Waals surface area contributed by atoms with E-state index < -0.39 is 5.60 Å². The van der Waals surface area contributed by atoms with Gasteiger partial charge in [0, 0.05) is 19.5 Å². The van der Waals surface area contributed by atoms with E-state index in [9.17, 15) is 4.79 Å². The minimum absolute atomic E-state index is 0.194. The van der Waals surface area contributed by atoms with Crippen molar-refractivity contribution in [3.05, 3.63) is 0 Å². The minimum Gasteiger partial charge on any atom is -0.487 e. The Labute approximate surface area is 127 Å². The molecule has 0 aliphatic carbocycles. The number of rotatable bonds is 4. The number of hydrogen-bond acceptors (Lipinski definition) is 4. The fraction of sp³-hybridized carbons (Fsp3) is 0.867. The third-order valence-electron chi connectivity index (χ3n) is 3.33.